The van der Waals surface area contributed by atoms with Crippen LogP contribution in [-0.2, 0) is 13.0 Å². The molecule has 0 saturated carbocycles. The zero-order valence-corrected chi connectivity index (χ0v) is 11.0. The Kier molecular flexibility index (Phi) is 3.54. The van der Waals surface area contributed by atoms with Crippen molar-refractivity contribution in [2.24, 2.45) is 11.7 Å². The highest BCUT2D eigenvalue weighted by atomic mass is 32.1. The maximum atomic E-state index is 5.56. The van der Waals surface area contributed by atoms with Crippen molar-refractivity contribution in [3.8, 4) is 10.8 Å². The van der Waals surface area contributed by atoms with Gasteiger partial charge in [-0.3, -0.25) is 0 Å². The van der Waals surface area contributed by atoms with E-state index in [1.165, 1.54) is 11.3 Å². The second-order valence-corrected chi connectivity index (χ2v) is 5.42. The van der Waals surface area contributed by atoms with E-state index in [4.69, 9.17) is 10.3 Å². The van der Waals surface area contributed by atoms with Gasteiger partial charge >= 0.3 is 0 Å². The molecule has 2 aromatic heterocycles. The second-order valence-electron chi connectivity index (χ2n) is 4.34. The molecule has 0 amide bonds. The van der Waals surface area contributed by atoms with Crippen molar-refractivity contribution in [2.75, 3.05) is 0 Å². The van der Waals surface area contributed by atoms with E-state index in [2.05, 4.69) is 29.0 Å². The van der Waals surface area contributed by atoms with Crippen molar-refractivity contribution in [1.82, 2.24) is 15.1 Å². The van der Waals surface area contributed by atoms with Crippen LogP contribution in [0.5, 0.6) is 0 Å². The lowest BCUT2D eigenvalue weighted by Gasteiger charge is -1.95. The van der Waals surface area contributed by atoms with Crippen LogP contribution in [0.15, 0.2) is 4.52 Å². The maximum Gasteiger partial charge on any atom is 0.269 e. The van der Waals surface area contributed by atoms with Crippen LogP contribution in [0, 0.1) is 12.8 Å². The molecule has 5 nitrogen and oxygen atoms in total. The van der Waals surface area contributed by atoms with Crippen LogP contribution in [0.3, 0.4) is 0 Å². The third-order valence-corrected chi connectivity index (χ3v) is 3.44. The Morgan fingerprint density at radius 3 is 2.71 bits per heavy atom. The molecule has 0 unspecified atom stereocenters. The Morgan fingerprint density at radius 2 is 2.12 bits per heavy atom. The van der Waals surface area contributed by atoms with E-state index in [-0.39, 0.29) is 0 Å². The van der Waals surface area contributed by atoms with Gasteiger partial charge in [-0.2, -0.15) is 4.98 Å². The van der Waals surface area contributed by atoms with Crippen LogP contribution in [-0.4, -0.2) is 15.1 Å². The van der Waals surface area contributed by atoms with Gasteiger partial charge in [0, 0.05) is 13.0 Å². The number of hydrogen-bond acceptors (Lipinski definition) is 6. The molecular weight excluding hydrogens is 236 g/mol. The first-order valence-electron chi connectivity index (χ1n) is 5.59. The molecule has 0 saturated heterocycles. The molecule has 0 aliphatic heterocycles. The number of thiazole rings is 1. The molecule has 92 valence electrons. The summed E-state index contributed by atoms with van der Waals surface area (Å²) < 4.78 is 5.26. The molecule has 2 N–H and O–H groups in total. The van der Waals surface area contributed by atoms with Crippen LogP contribution >= 0.6 is 11.3 Å². The average molecular weight is 252 g/mol. The predicted molar refractivity (Wildman–Crippen MR) is 66.6 cm³/mol. The van der Waals surface area contributed by atoms with Gasteiger partial charge in [0.15, 0.2) is 5.82 Å². The number of aromatic nitrogens is 3. The van der Waals surface area contributed by atoms with Gasteiger partial charge < -0.3 is 10.3 Å². The topological polar surface area (TPSA) is 77.8 Å². The van der Waals surface area contributed by atoms with Gasteiger partial charge in [-0.15, -0.1) is 11.3 Å². The highest BCUT2D eigenvalue weighted by Gasteiger charge is 2.16. The Balaban J connectivity index is 2.26. The minimum atomic E-state index is 0.443. The Bertz CT molecular complexity index is 503. The lowest BCUT2D eigenvalue weighted by molar-refractivity contribution is 0.418. The van der Waals surface area contributed by atoms with Gasteiger partial charge in [-0.05, 0) is 12.8 Å². The molecule has 0 aromatic carbocycles. The van der Waals surface area contributed by atoms with Gasteiger partial charge in [-0.25, -0.2) is 4.98 Å². The number of rotatable bonds is 4. The summed E-state index contributed by atoms with van der Waals surface area (Å²) >= 11 is 1.51. The lowest BCUT2D eigenvalue weighted by atomic mass is 10.1. The largest absolute Gasteiger partial charge is 0.333 e. The number of aryl methyl sites for hydroxylation is 1. The lowest BCUT2D eigenvalue weighted by Crippen LogP contribution is -1.95. The Labute approximate surface area is 104 Å². The molecule has 2 aromatic rings. The second kappa shape index (κ2) is 4.93. The van der Waals surface area contributed by atoms with Gasteiger partial charge in [0.2, 0.25) is 0 Å². The molecule has 0 radical (unpaired) electrons. The molecule has 0 aliphatic rings. The summed E-state index contributed by atoms with van der Waals surface area (Å²) in [5, 5.41) is 4.86. The number of nitrogens with two attached hydrogens (primary N) is 1. The summed E-state index contributed by atoms with van der Waals surface area (Å²) in [6.07, 6.45) is 0.825. The van der Waals surface area contributed by atoms with E-state index < -0.39 is 0 Å². The van der Waals surface area contributed by atoms with Gasteiger partial charge in [0.25, 0.3) is 5.89 Å². The maximum absolute atomic E-state index is 5.56. The molecule has 0 aliphatic carbocycles. The molecule has 0 fully saturated rings. The van der Waals surface area contributed by atoms with Gasteiger partial charge in [-0.1, -0.05) is 19.0 Å². The predicted octanol–water partition coefficient (Wildman–Crippen LogP) is 2.16. The third-order valence-electron chi connectivity index (χ3n) is 2.27. The van der Waals surface area contributed by atoms with Crippen LogP contribution in [0.2, 0.25) is 0 Å². The van der Waals surface area contributed by atoms with Crippen molar-refractivity contribution >= 4 is 11.3 Å². The standard InChI is InChI=1S/C11H16N4OS/c1-6(2)4-8-14-11(16-15-8)10-7(3)13-9(5-12)17-10/h6H,4-5,12H2,1-3H3. The van der Waals surface area contributed by atoms with Gasteiger partial charge in [0.05, 0.1) is 5.69 Å². The Morgan fingerprint density at radius 1 is 1.35 bits per heavy atom. The molecule has 0 spiro atoms. The minimum Gasteiger partial charge on any atom is -0.333 e. The summed E-state index contributed by atoms with van der Waals surface area (Å²) in [6, 6.07) is 0. The average Bonchev–Trinajstić information content (AvgIpc) is 2.83. The summed E-state index contributed by atoms with van der Waals surface area (Å²) in [7, 11) is 0. The quantitative estimate of drug-likeness (QED) is 0.902. The van der Waals surface area contributed by atoms with Crippen LogP contribution < -0.4 is 5.73 Å². The van der Waals surface area contributed by atoms with Gasteiger partial charge in [0.1, 0.15) is 9.88 Å². The number of hydrogen-bond donors (Lipinski definition) is 1. The van der Waals surface area contributed by atoms with Crippen molar-refractivity contribution in [3.05, 3.63) is 16.5 Å². The van der Waals surface area contributed by atoms with Crippen molar-refractivity contribution < 1.29 is 4.52 Å². The first kappa shape index (κ1) is 12.2. The van der Waals surface area contributed by atoms with Crippen LogP contribution in [0.25, 0.3) is 10.8 Å². The highest BCUT2D eigenvalue weighted by Crippen LogP contribution is 2.28. The molecule has 0 atom stereocenters. The van der Waals surface area contributed by atoms with E-state index in [0.717, 1.165) is 27.8 Å². The van der Waals surface area contributed by atoms with E-state index in [1.54, 1.807) is 0 Å². The molecular formula is C11H16N4OS. The Hall–Kier alpha value is -1.27. The fourth-order valence-corrected chi connectivity index (χ4v) is 2.40. The van der Waals surface area contributed by atoms with Crippen molar-refractivity contribution in [3.63, 3.8) is 0 Å². The van der Waals surface area contributed by atoms with Crippen molar-refractivity contribution in [1.29, 1.82) is 0 Å². The summed E-state index contributed by atoms with van der Waals surface area (Å²) in [5.41, 5.74) is 6.46. The summed E-state index contributed by atoms with van der Waals surface area (Å²) in [6.45, 7) is 6.62. The zero-order valence-electron chi connectivity index (χ0n) is 10.2. The zero-order chi connectivity index (χ0) is 12.4. The van der Waals surface area contributed by atoms with E-state index in [9.17, 15) is 0 Å². The highest BCUT2D eigenvalue weighted by molar-refractivity contribution is 7.15. The fourth-order valence-electron chi connectivity index (χ4n) is 1.53. The first-order valence-corrected chi connectivity index (χ1v) is 6.41. The number of nitrogens with zero attached hydrogens (tertiary/aromatic N) is 3. The normalized spacial score (nSPS) is 11.4. The van der Waals surface area contributed by atoms with E-state index in [0.29, 0.717) is 18.4 Å². The molecule has 6 heteroatoms. The smallest absolute Gasteiger partial charge is 0.269 e. The van der Waals surface area contributed by atoms with Crippen LogP contribution in [0.4, 0.5) is 0 Å². The van der Waals surface area contributed by atoms with E-state index >= 15 is 0 Å². The SMILES string of the molecule is Cc1nc(CN)sc1-c1nc(CC(C)C)no1. The molecule has 2 rings (SSSR count). The molecule has 17 heavy (non-hydrogen) atoms. The first-order chi connectivity index (χ1) is 8.10. The van der Waals surface area contributed by atoms with Crippen molar-refractivity contribution in [2.45, 2.75) is 33.7 Å². The molecule has 0 bridgehead atoms. The monoisotopic (exact) mass is 252 g/mol. The minimum absolute atomic E-state index is 0.443. The molecule has 2 heterocycles. The van der Waals surface area contributed by atoms with Crippen LogP contribution in [0.1, 0.15) is 30.4 Å². The third kappa shape index (κ3) is 2.70. The fraction of sp³-hybridized carbons (Fsp3) is 0.545. The summed E-state index contributed by atoms with van der Waals surface area (Å²) in [4.78, 5) is 9.65. The summed E-state index contributed by atoms with van der Waals surface area (Å²) in [5.74, 6) is 1.81. The van der Waals surface area contributed by atoms with E-state index in [1.807, 2.05) is 6.92 Å².